The van der Waals surface area contributed by atoms with E-state index in [0.717, 1.165) is 25.0 Å². The molecule has 2 atom stereocenters. The normalized spacial score (nSPS) is 26.1. The quantitative estimate of drug-likeness (QED) is 0.548. The number of halogens is 4. The van der Waals surface area contributed by atoms with E-state index in [0.29, 0.717) is 11.8 Å². The van der Waals surface area contributed by atoms with Crippen LogP contribution in [0.2, 0.25) is 0 Å². The predicted octanol–water partition coefficient (Wildman–Crippen LogP) is 3.18. The van der Waals surface area contributed by atoms with Crippen LogP contribution in [0.5, 0.6) is 0 Å². The van der Waals surface area contributed by atoms with Crippen molar-refractivity contribution in [3.63, 3.8) is 0 Å². The number of nitrogens with zero attached hydrogens (tertiary/aromatic N) is 1. The number of rotatable bonds is 6. The zero-order chi connectivity index (χ0) is 16.2. The molecule has 2 fully saturated rings. The molecule has 0 bridgehead atoms. The lowest BCUT2D eigenvalue weighted by Gasteiger charge is -2.43. The number of fused-ring (bicyclic) bond motifs is 1. The number of amides is 1. The molecule has 0 aromatic heterocycles. The van der Waals surface area contributed by atoms with Gasteiger partial charge in [-0.1, -0.05) is 12.8 Å². The topological polar surface area (TPSA) is 29.5 Å². The minimum Gasteiger partial charge on any atom is -0.374 e. The van der Waals surface area contributed by atoms with Crippen LogP contribution in [-0.2, 0) is 9.53 Å². The zero-order valence-electron chi connectivity index (χ0n) is 12.3. The van der Waals surface area contributed by atoms with Gasteiger partial charge in [-0.25, -0.2) is 8.78 Å². The Bertz CT molecular complexity index is 382. The van der Waals surface area contributed by atoms with Gasteiger partial charge < -0.3 is 9.64 Å². The summed E-state index contributed by atoms with van der Waals surface area (Å²) in [5.41, 5.74) is 0. The zero-order valence-corrected chi connectivity index (χ0v) is 13.1. The van der Waals surface area contributed by atoms with Crippen LogP contribution in [0, 0.1) is 0 Å². The van der Waals surface area contributed by atoms with E-state index in [1.807, 2.05) is 16.7 Å². The highest BCUT2D eigenvalue weighted by Crippen LogP contribution is 2.35. The molecule has 8 heteroatoms. The number of hydrogen-bond acceptors (Lipinski definition) is 3. The first-order valence-corrected chi connectivity index (χ1v) is 8.61. The molecule has 0 unspecified atom stereocenters. The summed E-state index contributed by atoms with van der Waals surface area (Å²) in [6.45, 7) is -0.931. The van der Waals surface area contributed by atoms with Gasteiger partial charge in [-0.05, 0) is 12.8 Å². The second kappa shape index (κ2) is 7.86. The third-order valence-corrected chi connectivity index (χ3v) is 5.52. The maximum atomic E-state index is 12.7. The molecule has 2 aliphatic rings. The van der Waals surface area contributed by atoms with Crippen molar-refractivity contribution in [3.05, 3.63) is 0 Å². The van der Waals surface area contributed by atoms with Crippen LogP contribution < -0.4 is 0 Å². The first kappa shape index (κ1) is 17.8. The fourth-order valence-corrected chi connectivity index (χ4v) is 4.42. The SMILES string of the molecule is O=C(CCOCC(F)(F)C(F)F)N1CCS[C@@H]2CCCC[C@H]21. The molecule has 1 saturated heterocycles. The molecule has 2 rings (SSSR count). The van der Waals surface area contributed by atoms with Gasteiger partial charge in [-0.15, -0.1) is 0 Å². The number of hydrogen-bond donors (Lipinski definition) is 0. The Hall–Kier alpha value is -0.500. The highest BCUT2D eigenvalue weighted by atomic mass is 32.2. The average molecular weight is 343 g/mol. The summed E-state index contributed by atoms with van der Waals surface area (Å²) in [4.78, 5) is 14.0. The molecular weight excluding hydrogens is 322 g/mol. The summed E-state index contributed by atoms with van der Waals surface area (Å²) >= 11 is 1.90. The fraction of sp³-hybridized carbons (Fsp3) is 0.929. The van der Waals surface area contributed by atoms with E-state index in [9.17, 15) is 22.4 Å². The Labute approximate surface area is 131 Å². The van der Waals surface area contributed by atoms with Crippen LogP contribution >= 0.6 is 11.8 Å². The van der Waals surface area contributed by atoms with Gasteiger partial charge in [-0.3, -0.25) is 4.79 Å². The summed E-state index contributed by atoms with van der Waals surface area (Å²) in [5.74, 6) is -3.39. The first-order chi connectivity index (χ1) is 10.4. The van der Waals surface area contributed by atoms with Crippen LogP contribution in [0.25, 0.3) is 0 Å². The van der Waals surface area contributed by atoms with Gasteiger partial charge >= 0.3 is 12.3 Å². The van der Waals surface area contributed by atoms with E-state index >= 15 is 0 Å². The van der Waals surface area contributed by atoms with Crippen LogP contribution in [0.15, 0.2) is 0 Å². The molecule has 0 aromatic carbocycles. The summed E-state index contributed by atoms with van der Waals surface area (Å²) in [6, 6.07) is 0.225. The molecule has 0 radical (unpaired) electrons. The number of carbonyl (C=O) groups is 1. The van der Waals surface area contributed by atoms with Gasteiger partial charge in [0.25, 0.3) is 0 Å². The molecule has 0 aromatic rings. The second-order valence-electron chi connectivity index (χ2n) is 5.71. The highest BCUT2D eigenvalue weighted by molar-refractivity contribution is 8.00. The standard InChI is InChI=1S/C14H21F4NO2S/c15-13(16)14(17,18)9-21-7-5-12(20)19-6-8-22-11-4-2-1-3-10(11)19/h10-11,13H,1-9H2/t10-,11-/m1/s1. The third kappa shape index (κ3) is 4.50. The molecule has 0 spiro atoms. The second-order valence-corrected chi connectivity index (χ2v) is 7.06. The lowest BCUT2D eigenvalue weighted by molar-refractivity contribution is -0.167. The number of thioether (sulfide) groups is 1. The molecule has 1 aliphatic carbocycles. The Kier molecular flexibility index (Phi) is 6.37. The van der Waals surface area contributed by atoms with Crippen LogP contribution in [0.1, 0.15) is 32.1 Å². The van der Waals surface area contributed by atoms with Crippen molar-refractivity contribution in [2.75, 3.05) is 25.5 Å². The van der Waals surface area contributed by atoms with E-state index in [1.54, 1.807) is 0 Å². The molecule has 1 aliphatic heterocycles. The van der Waals surface area contributed by atoms with E-state index in [-0.39, 0.29) is 25.0 Å². The molecule has 0 N–H and O–H groups in total. The van der Waals surface area contributed by atoms with Gasteiger partial charge in [0.05, 0.1) is 13.0 Å². The van der Waals surface area contributed by atoms with Crippen molar-refractivity contribution < 1.29 is 27.1 Å². The fourth-order valence-electron chi connectivity index (χ4n) is 2.98. The number of carbonyl (C=O) groups excluding carboxylic acids is 1. The van der Waals surface area contributed by atoms with Gasteiger partial charge in [-0.2, -0.15) is 20.5 Å². The van der Waals surface area contributed by atoms with Crippen molar-refractivity contribution in [2.24, 2.45) is 0 Å². The Morgan fingerprint density at radius 2 is 2.05 bits per heavy atom. The largest absolute Gasteiger partial charge is 0.374 e. The monoisotopic (exact) mass is 343 g/mol. The van der Waals surface area contributed by atoms with Crippen molar-refractivity contribution in [1.82, 2.24) is 4.90 Å². The van der Waals surface area contributed by atoms with Crippen molar-refractivity contribution >= 4 is 17.7 Å². The molecule has 128 valence electrons. The van der Waals surface area contributed by atoms with Gasteiger partial charge in [0.2, 0.25) is 5.91 Å². The predicted molar refractivity (Wildman–Crippen MR) is 76.6 cm³/mol. The average Bonchev–Trinajstić information content (AvgIpc) is 2.50. The molecule has 22 heavy (non-hydrogen) atoms. The summed E-state index contributed by atoms with van der Waals surface area (Å²) in [7, 11) is 0. The number of alkyl halides is 4. The minimum absolute atomic E-state index is 0.0345. The molecule has 1 amide bonds. The van der Waals surface area contributed by atoms with E-state index in [4.69, 9.17) is 0 Å². The Balaban J connectivity index is 1.75. The van der Waals surface area contributed by atoms with Crippen molar-refractivity contribution in [2.45, 2.75) is 55.7 Å². The Morgan fingerprint density at radius 1 is 1.32 bits per heavy atom. The lowest BCUT2D eigenvalue weighted by Crippen LogP contribution is -2.51. The summed E-state index contributed by atoms with van der Waals surface area (Å²) in [5, 5.41) is 0.468. The van der Waals surface area contributed by atoms with Crippen LogP contribution in [0.4, 0.5) is 17.6 Å². The first-order valence-electron chi connectivity index (χ1n) is 7.56. The maximum Gasteiger partial charge on any atom is 0.330 e. The van der Waals surface area contributed by atoms with E-state index < -0.39 is 19.0 Å². The minimum atomic E-state index is -4.15. The Morgan fingerprint density at radius 3 is 2.77 bits per heavy atom. The third-order valence-electron chi connectivity index (χ3n) is 4.13. The lowest BCUT2D eigenvalue weighted by atomic mass is 9.93. The maximum absolute atomic E-state index is 12.7. The molecular formula is C14H21F4NO2S. The van der Waals surface area contributed by atoms with Crippen molar-refractivity contribution in [1.29, 1.82) is 0 Å². The van der Waals surface area contributed by atoms with E-state index in [2.05, 4.69) is 4.74 Å². The van der Waals surface area contributed by atoms with Crippen LogP contribution in [-0.4, -0.2) is 60.0 Å². The summed E-state index contributed by atoms with van der Waals surface area (Å²) < 4.78 is 53.9. The number of ether oxygens (including phenoxy) is 1. The highest BCUT2D eigenvalue weighted by Gasteiger charge is 2.41. The van der Waals surface area contributed by atoms with Gasteiger partial charge in [0.1, 0.15) is 6.61 Å². The van der Waals surface area contributed by atoms with Gasteiger partial charge in [0.15, 0.2) is 0 Å². The van der Waals surface area contributed by atoms with E-state index in [1.165, 1.54) is 6.42 Å². The van der Waals surface area contributed by atoms with Crippen LogP contribution in [0.3, 0.4) is 0 Å². The molecule has 1 heterocycles. The van der Waals surface area contributed by atoms with Gasteiger partial charge in [0, 0.05) is 23.6 Å². The molecule has 1 saturated carbocycles. The smallest absolute Gasteiger partial charge is 0.330 e. The summed E-state index contributed by atoms with van der Waals surface area (Å²) in [6.07, 6.45) is 0.590. The van der Waals surface area contributed by atoms with Crippen molar-refractivity contribution in [3.8, 4) is 0 Å². The molecule has 3 nitrogen and oxygen atoms in total.